The molecule has 0 saturated heterocycles. The van der Waals surface area contributed by atoms with Gasteiger partial charge in [-0.15, -0.1) is 0 Å². The number of esters is 1. The van der Waals surface area contributed by atoms with Gasteiger partial charge in [0.25, 0.3) is 0 Å². The summed E-state index contributed by atoms with van der Waals surface area (Å²) in [5.74, 6) is -1.20. The molecule has 33 heavy (non-hydrogen) atoms. The number of nitriles is 1. The topological polar surface area (TPSA) is 91.2 Å². The first-order valence-electron chi connectivity index (χ1n) is 10.4. The van der Waals surface area contributed by atoms with Crippen molar-refractivity contribution >= 4 is 29.3 Å². The van der Waals surface area contributed by atoms with Crippen molar-refractivity contribution in [2.24, 2.45) is 0 Å². The number of nitrogens with zero attached hydrogens (tertiary/aromatic N) is 1. The lowest BCUT2D eigenvalue weighted by Gasteiger charge is -2.29. The number of ether oxygens (including phenoxy) is 1. The van der Waals surface area contributed by atoms with Gasteiger partial charge in [-0.3, -0.25) is 4.79 Å². The second kappa shape index (κ2) is 11.2. The smallest absolute Gasteiger partial charge is 0.337 e. The van der Waals surface area contributed by atoms with Crippen LogP contribution in [0.5, 0.6) is 0 Å². The Morgan fingerprint density at radius 1 is 1.18 bits per heavy atom. The standard InChI is InChI=1S/C26H25N3O3S/c1-4-14-32-26(31)23-18(3)28-25(21(15-27)24(23)19-8-6-5-7-9-19)33-16-22(30)29-20-12-10-17(2)11-13-20/h4-13,24,28H,1,14,16H2,2-3H3,(H,29,30)/t24-/m1/s1. The molecule has 1 aliphatic rings. The van der Waals surface area contributed by atoms with Gasteiger partial charge in [0.05, 0.1) is 33.9 Å². The fraction of sp³-hybridized carbons (Fsp3) is 0.192. The normalized spacial score (nSPS) is 15.4. The molecule has 168 valence electrons. The third-order valence-electron chi connectivity index (χ3n) is 5.02. The van der Waals surface area contributed by atoms with E-state index in [0.717, 1.165) is 11.1 Å². The molecule has 2 aromatic rings. The van der Waals surface area contributed by atoms with E-state index < -0.39 is 11.9 Å². The van der Waals surface area contributed by atoms with Crippen LogP contribution in [0.3, 0.4) is 0 Å². The number of benzene rings is 2. The third-order valence-corrected chi connectivity index (χ3v) is 6.03. The van der Waals surface area contributed by atoms with Gasteiger partial charge in [-0.25, -0.2) is 4.79 Å². The molecule has 6 nitrogen and oxygen atoms in total. The van der Waals surface area contributed by atoms with Gasteiger partial charge in [0.1, 0.15) is 6.61 Å². The minimum atomic E-state index is -0.600. The van der Waals surface area contributed by atoms with E-state index in [4.69, 9.17) is 4.74 Å². The molecule has 0 saturated carbocycles. The predicted octanol–water partition coefficient (Wildman–Crippen LogP) is 4.79. The molecule has 0 aliphatic carbocycles. The molecule has 7 heteroatoms. The quantitative estimate of drug-likeness (QED) is 0.436. The Kier molecular flexibility index (Phi) is 8.11. The summed E-state index contributed by atoms with van der Waals surface area (Å²) in [6.45, 7) is 7.40. The minimum Gasteiger partial charge on any atom is -0.458 e. The van der Waals surface area contributed by atoms with E-state index in [1.807, 2.05) is 61.5 Å². The van der Waals surface area contributed by atoms with Crippen molar-refractivity contribution in [3.8, 4) is 6.07 Å². The predicted molar refractivity (Wildman–Crippen MR) is 131 cm³/mol. The highest BCUT2D eigenvalue weighted by atomic mass is 32.2. The van der Waals surface area contributed by atoms with Gasteiger partial charge in [0.2, 0.25) is 5.91 Å². The molecule has 2 N–H and O–H groups in total. The van der Waals surface area contributed by atoms with Crippen LogP contribution in [-0.2, 0) is 14.3 Å². The van der Waals surface area contributed by atoms with Gasteiger partial charge in [-0.05, 0) is 31.5 Å². The van der Waals surface area contributed by atoms with Gasteiger partial charge in [-0.1, -0.05) is 72.4 Å². The van der Waals surface area contributed by atoms with E-state index in [0.29, 0.717) is 27.6 Å². The number of hydrogen-bond acceptors (Lipinski definition) is 6. The average molecular weight is 460 g/mol. The molecule has 0 unspecified atom stereocenters. The van der Waals surface area contributed by atoms with Gasteiger partial charge in [0, 0.05) is 11.4 Å². The zero-order valence-electron chi connectivity index (χ0n) is 18.6. The lowest BCUT2D eigenvalue weighted by molar-refractivity contribution is -0.138. The van der Waals surface area contributed by atoms with E-state index >= 15 is 0 Å². The van der Waals surface area contributed by atoms with Crippen LogP contribution >= 0.6 is 11.8 Å². The number of allylic oxidation sites excluding steroid dienone is 2. The van der Waals surface area contributed by atoms with Crippen LogP contribution in [0, 0.1) is 18.3 Å². The van der Waals surface area contributed by atoms with Crippen molar-refractivity contribution in [1.29, 1.82) is 5.26 Å². The van der Waals surface area contributed by atoms with E-state index in [1.54, 1.807) is 6.92 Å². The van der Waals surface area contributed by atoms with Crippen LogP contribution < -0.4 is 10.6 Å². The maximum absolute atomic E-state index is 12.8. The van der Waals surface area contributed by atoms with Crippen LogP contribution in [0.4, 0.5) is 5.69 Å². The SMILES string of the molecule is C=CCOC(=O)C1=C(C)NC(SCC(=O)Nc2ccc(C)cc2)=C(C#N)[C@H]1c1ccccc1. The lowest BCUT2D eigenvalue weighted by atomic mass is 9.82. The second-order valence-electron chi connectivity index (χ2n) is 7.45. The monoisotopic (exact) mass is 459 g/mol. The van der Waals surface area contributed by atoms with Crippen molar-refractivity contribution in [2.75, 3.05) is 17.7 Å². The van der Waals surface area contributed by atoms with Crippen molar-refractivity contribution in [1.82, 2.24) is 5.32 Å². The summed E-state index contributed by atoms with van der Waals surface area (Å²) in [4.78, 5) is 25.3. The zero-order chi connectivity index (χ0) is 23.8. The Hall–Kier alpha value is -3.76. The van der Waals surface area contributed by atoms with Crippen LogP contribution in [0.1, 0.15) is 24.0 Å². The van der Waals surface area contributed by atoms with Gasteiger partial charge in [-0.2, -0.15) is 5.26 Å². The van der Waals surface area contributed by atoms with Crippen LogP contribution in [0.2, 0.25) is 0 Å². The summed E-state index contributed by atoms with van der Waals surface area (Å²) in [5.41, 5.74) is 3.93. The Morgan fingerprint density at radius 3 is 2.52 bits per heavy atom. The average Bonchev–Trinajstić information content (AvgIpc) is 2.82. The fourth-order valence-electron chi connectivity index (χ4n) is 3.46. The van der Waals surface area contributed by atoms with Gasteiger partial charge < -0.3 is 15.4 Å². The highest BCUT2D eigenvalue weighted by Crippen LogP contribution is 2.40. The summed E-state index contributed by atoms with van der Waals surface area (Å²) in [7, 11) is 0. The molecular formula is C26H25N3O3S. The number of hydrogen-bond donors (Lipinski definition) is 2. The number of nitrogens with one attached hydrogen (secondary N) is 2. The largest absolute Gasteiger partial charge is 0.458 e. The number of aryl methyl sites for hydroxylation is 1. The number of rotatable bonds is 8. The molecule has 1 aliphatic heterocycles. The minimum absolute atomic E-state index is 0.0729. The summed E-state index contributed by atoms with van der Waals surface area (Å²) < 4.78 is 5.30. The third kappa shape index (κ3) is 5.93. The molecule has 0 spiro atoms. The molecular weight excluding hydrogens is 434 g/mol. The number of carbonyl (C=O) groups excluding carboxylic acids is 2. The molecule has 1 amide bonds. The van der Waals surface area contributed by atoms with Crippen LogP contribution in [-0.4, -0.2) is 24.2 Å². The van der Waals surface area contributed by atoms with E-state index in [9.17, 15) is 14.9 Å². The van der Waals surface area contributed by atoms with Crippen molar-refractivity contribution in [3.05, 3.63) is 100 Å². The number of carbonyl (C=O) groups is 2. The first-order chi connectivity index (χ1) is 15.9. The second-order valence-corrected chi connectivity index (χ2v) is 8.44. The summed E-state index contributed by atoms with van der Waals surface area (Å²) >= 11 is 1.23. The Balaban J connectivity index is 1.86. The Labute approximate surface area is 198 Å². The molecule has 0 fully saturated rings. The van der Waals surface area contributed by atoms with Gasteiger partial charge >= 0.3 is 5.97 Å². The zero-order valence-corrected chi connectivity index (χ0v) is 19.4. The number of amides is 1. The molecule has 0 bridgehead atoms. The molecule has 0 radical (unpaired) electrons. The first-order valence-corrected chi connectivity index (χ1v) is 11.4. The number of anilines is 1. The first kappa shape index (κ1) is 23.9. The van der Waals surface area contributed by atoms with Crippen molar-refractivity contribution in [2.45, 2.75) is 19.8 Å². The molecule has 2 aromatic carbocycles. The Bertz CT molecular complexity index is 1150. The number of thioether (sulfide) groups is 1. The maximum atomic E-state index is 12.8. The van der Waals surface area contributed by atoms with Crippen molar-refractivity contribution in [3.63, 3.8) is 0 Å². The van der Waals surface area contributed by atoms with E-state index in [2.05, 4.69) is 23.3 Å². The highest BCUT2D eigenvalue weighted by Gasteiger charge is 2.35. The molecule has 0 aromatic heterocycles. The number of dihydropyridines is 1. The summed E-state index contributed by atoms with van der Waals surface area (Å²) in [5, 5.41) is 16.6. The fourth-order valence-corrected chi connectivity index (χ4v) is 4.35. The van der Waals surface area contributed by atoms with Crippen LogP contribution in [0.25, 0.3) is 0 Å². The lowest BCUT2D eigenvalue weighted by Crippen LogP contribution is -2.29. The summed E-state index contributed by atoms with van der Waals surface area (Å²) in [6, 6.07) is 19.1. The molecule has 1 atom stereocenters. The molecule has 3 rings (SSSR count). The van der Waals surface area contributed by atoms with Crippen LogP contribution in [0.15, 0.2) is 89.1 Å². The maximum Gasteiger partial charge on any atom is 0.337 e. The van der Waals surface area contributed by atoms with E-state index in [1.165, 1.54) is 17.8 Å². The highest BCUT2D eigenvalue weighted by molar-refractivity contribution is 8.03. The van der Waals surface area contributed by atoms with E-state index in [-0.39, 0.29) is 18.3 Å². The Morgan fingerprint density at radius 2 is 1.88 bits per heavy atom. The summed E-state index contributed by atoms with van der Waals surface area (Å²) in [6.07, 6.45) is 1.50. The molecule has 1 heterocycles. The van der Waals surface area contributed by atoms with Gasteiger partial charge in [0.15, 0.2) is 0 Å². The van der Waals surface area contributed by atoms with Crippen molar-refractivity contribution < 1.29 is 14.3 Å².